The number of rotatable bonds is 1. The highest BCUT2D eigenvalue weighted by Gasteiger charge is 2.29. The molecule has 1 atom stereocenters. The highest BCUT2D eigenvalue weighted by molar-refractivity contribution is 8.00. The molecule has 0 bridgehead atoms. The summed E-state index contributed by atoms with van der Waals surface area (Å²) in [6.45, 7) is 1.78. The Morgan fingerprint density at radius 1 is 1.41 bits per heavy atom. The van der Waals surface area contributed by atoms with Crippen LogP contribution in [-0.2, 0) is 17.8 Å². The molecule has 92 valence electrons. The van der Waals surface area contributed by atoms with Crippen molar-refractivity contribution in [3.8, 4) is 0 Å². The quantitative estimate of drug-likeness (QED) is 0.780. The second-order valence-corrected chi connectivity index (χ2v) is 7.05. The van der Waals surface area contributed by atoms with Crippen LogP contribution >= 0.6 is 23.1 Å². The van der Waals surface area contributed by atoms with Gasteiger partial charge in [-0.15, -0.1) is 23.1 Å². The van der Waals surface area contributed by atoms with Gasteiger partial charge in [-0.05, 0) is 48.4 Å². The molecule has 0 unspecified atom stereocenters. The van der Waals surface area contributed by atoms with Crippen LogP contribution in [0.25, 0.3) is 0 Å². The number of nitrogens with zero attached hydrogens (tertiary/aromatic N) is 1. The molecule has 0 N–H and O–H groups in total. The molecule has 1 aromatic rings. The number of hydrogen-bond acceptors (Lipinski definition) is 3. The standard InChI is InChI=1S/C13H17NOS2/c15-13(12-4-2-7-16-12)14-6-1-3-11-10(9-14)5-8-17-11/h5,8,12H,1-4,6-7,9H2/t12-/m0/s1. The molecule has 3 rings (SSSR count). The van der Waals surface area contributed by atoms with Gasteiger partial charge in [0.1, 0.15) is 0 Å². The van der Waals surface area contributed by atoms with Gasteiger partial charge in [0.05, 0.1) is 5.25 Å². The Labute approximate surface area is 110 Å². The number of thiophene rings is 1. The first-order valence-corrected chi connectivity index (χ1v) is 8.23. The van der Waals surface area contributed by atoms with Gasteiger partial charge in [0.25, 0.3) is 0 Å². The normalized spacial score (nSPS) is 24.5. The topological polar surface area (TPSA) is 20.3 Å². The molecule has 2 nitrogen and oxygen atoms in total. The first-order valence-electron chi connectivity index (χ1n) is 6.30. The van der Waals surface area contributed by atoms with Crippen molar-refractivity contribution in [1.29, 1.82) is 0 Å². The Balaban J connectivity index is 1.73. The maximum Gasteiger partial charge on any atom is 0.235 e. The van der Waals surface area contributed by atoms with E-state index in [4.69, 9.17) is 0 Å². The summed E-state index contributed by atoms with van der Waals surface area (Å²) in [7, 11) is 0. The lowest BCUT2D eigenvalue weighted by atomic mass is 10.2. The van der Waals surface area contributed by atoms with Crippen LogP contribution in [0.15, 0.2) is 11.4 Å². The maximum atomic E-state index is 12.4. The van der Waals surface area contributed by atoms with E-state index >= 15 is 0 Å². The summed E-state index contributed by atoms with van der Waals surface area (Å²) in [4.78, 5) is 16.0. The van der Waals surface area contributed by atoms with E-state index in [-0.39, 0.29) is 5.25 Å². The van der Waals surface area contributed by atoms with E-state index in [1.54, 1.807) is 0 Å². The smallest absolute Gasteiger partial charge is 0.235 e. The van der Waals surface area contributed by atoms with Crippen LogP contribution in [0.3, 0.4) is 0 Å². The summed E-state index contributed by atoms with van der Waals surface area (Å²) >= 11 is 3.69. The molecule has 0 aromatic carbocycles. The first kappa shape index (κ1) is 11.6. The molecule has 4 heteroatoms. The molecule has 17 heavy (non-hydrogen) atoms. The Morgan fingerprint density at radius 2 is 2.35 bits per heavy atom. The number of carbonyl (C=O) groups is 1. The van der Waals surface area contributed by atoms with E-state index in [0.717, 1.165) is 38.1 Å². The third-order valence-corrected chi connectivity index (χ3v) is 5.93. The SMILES string of the molecule is O=C([C@@H]1CCCS1)N1CCCc2sccc2C1. The second-order valence-electron chi connectivity index (χ2n) is 4.73. The van der Waals surface area contributed by atoms with E-state index in [1.807, 2.05) is 23.1 Å². The fourth-order valence-corrected chi connectivity index (χ4v) is 4.79. The van der Waals surface area contributed by atoms with Crippen LogP contribution in [0.2, 0.25) is 0 Å². The van der Waals surface area contributed by atoms with Gasteiger partial charge in [-0.25, -0.2) is 0 Å². The molecule has 2 aliphatic rings. The van der Waals surface area contributed by atoms with Crippen LogP contribution in [0.4, 0.5) is 0 Å². The number of thioether (sulfide) groups is 1. The Bertz CT molecular complexity index is 409. The molecule has 1 fully saturated rings. The van der Waals surface area contributed by atoms with E-state index in [0.29, 0.717) is 5.91 Å². The minimum Gasteiger partial charge on any atom is -0.337 e. The van der Waals surface area contributed by atoms with Crippen LogP contribution < -0.4 is 0 Å². The van der Waals surface area contributed by atoms with Gasteiger partial charge in [0.2, 0.25) is 5.91 Å². The predicted octanol–water partition coefficient (Wildman–Crippen LogP) is 2.92. The van der Waals surface area contributed by atoms with Gasteiger partial charge in [0.15, 0.2) is 0 Å². The zero-order chi connectivity index (χ0) is 11.7. The van der Waals surface area contributed by atoms with Crippen LogP contribution in [0.5, 0.6) is 0 Å². The average Bonchev–Trinajstić information content (AvgIpc) is 2.96. The lowest BCUT2D eigenvalue weighted by Gasteiger charge is -2.23. The monoisotopic (exact) mass is 267 g/mol. The van der Waals surface area contributed by atoms with Crippen LogP contribution in [0.1, 0.15) is 29.7 Å². The van der Waals surface area contributed by atoms with Crippen LogP contribution in [-0.4, -0.2) is 28.4 Å². The lowest BCUT2D eigenvalue weighted by molar-refractivity contribution is -0.131. The van der Waals surface area contributed by atoms with Crippen molar-refractivity contribution in [2.75, 3.05) is 12.3 Å². The third kappa shape index (κ3) is 2.38. The minimum atomic E-state index is 0.246. The fourth-order valence-electron chi connectivity index (χ4n) is 2.61. The van der Waals surface area contributed by atoms with Gasteiger partial charge < -0.3 is 4.90 Å². The van der Waals surface area contributed by atoms with Crippen molar-refractivity contribution in [1.82, 2.24) is 4.90 Å². The molecule has 0 saturated carbocycles. The highest BCUT2D eigenvalue weighted by Crippen LogP contribution is 2.30. The Morgan fingerprint density at radius 3 is 3.18 bits per heavy atom. The number of aryl methyl sites for hydroxylation is 1. The molecular weight excluding hydrogens is 250 g/mol. The summed E-state index contributed by atoms with van der Waals surface area (Å²) in [5.74, 6) is 1.54. The maximum absolute atomic E-state index is 12.4. The molecule has 0 radical (unpaired) electrons. The molecule has 1 amide bonds. The average molecular weight is 267 g/mol. The van der Waals surface area contributed by atoms with Gasteiger partial charge in [-0.2, -0.15) is 0 Å². The molecule has 2 aliphatic heterocycles. The zero-order valence-electron chi connectivity index (χ0n) is 9.85. The van der Waals surface area contributed by atoms with Crippen molar-refractivity contribution in [3.63, 3.8) is 0 Å². The Hall–Kier alpha value is -0.480. The van der Waals surface area contributed by atoms with E-state index < -0.39 is 0 Å². The largest absolute Gasteiger partial charge is 0.337 e. The van der Waals surface area contributed by atoms with Crippen molar-refractivity contribution in [2.45, 2.75) is 37.5 Å². The van der Waals surface area contributed by atoms with Gasteiger partial charge in [-0.1, -0.05) is 0 Å². The van der Waals surface area contributed by atoms with Crippen molar-refractivity contribution < 1.29 is 4.79 Å². The zero-order valence-corrected chi connectivity index (χ0v) is 11.5. The predicted molar refractivity (Wildman–Crippen MR) is 73.5 cm³/mol. The summed E-state index contributed by atoms with van der Waals surface area (Å²) < 4.78 is 0. The summed E-state index contributed by atoms with van der Waals surface area (Å²) in [6.07, 6.45) is 4.56. The third-order valence-electron chi connectivity index (χ3n) is 3.55. The fraction of sp³-hybridized carbons (Fsp3) is 0.615. The molecule has 0 spiro atoms. The highest BCUT2D eigenvalue weighted by atomic mass is 32.2. The van der Waals surface area contributed by atoms with Crippen LogP contribution in [0, 0.1) is 0 Å². The molecule has 3 heterocycles. The number of amides is 1. The first-order chi connectivity index (χ1) is 8.34. The van der Waals surface area contributed by atoms with E-state index in [2.05, 4.69) is 16.3 Å². The lowest BCUT2D eigenvalue weighted by Crippen LogP contribution is -2.36. The summed E-state index contributed by atoms with van der Waals surface area (Å²) in [5.41, 5.74) is 1.38. The van der Waals surface area contributed by atoms with E-state index in [9.17, 15) is 4.79 Å². The number of hydrogen-bond donors (Lipinski definition) is 0. The van der Waals surface area contributed by atoms with Gasteiger partial charge in [-0.3, -0.25) is 4.79 Å². The van der Waals surface area contributed by atoms with E-state index in [1.165, 1.54) is 16.9 Å². The van der Waals surface area contributed by atoms with Gasteiger partial charge in [0, 0.05) is 18.0 Å². The second kappa shape index (κ2) is 5.02. The van der Waals surface area contributed by atoms with Gasteiger partial charge >= 0.3 is 0 Å². The van der Waals surface area contributed by atoms with Crippen molar-refractivity contribution in [2.24, 2.45) is 0 Å². The summed E-state index contributed by atoms with van der Waals surface area (Å²) in [6, 6.07) is 2.19. The minimum absolute atomic E-state index is 0.246. The Kier molecular flexibility index (Phi) is 3.43. The summed E-state index contributed by atoms with van der Waals surface area (Å²) in [5, 5.41) is 2.40. The van der Waals surface area contributed by atoms with Crippen molar-refractivity contribution in [3.05, 3.63) is 21.9 Å². The number of fused-ring (bicyclic) bond motifs is 1. The molecule has 1 aromatic heterocycles. The molecule has 0 aliphatic carbocycles. The van der Waals surface area contributed by atoms with Crippen molar-refractivity contribution >= 4 is 29.0 Å². The molecule has 1 saturated heterocycles. The molecular formula is C13H17NOS2. The number of carbonyl (C=O) groups excluding carboxylic acids is 1.